The zero-order chi connectivity index (χ0) is 18.2. The molecule has 138 valence electrons. The van der Waals surface area contributed by atoms with E-state index < -0.39 is 28.8 Å². The molecule has 0 aromatic heterocycles. The van der Waals surface area contributed by atoms with Crippen molar-refractivity contribution in [1.82, 2.24) is 0 Å². The first-order valence-electron chi connectivity index (χ1n) is 8.88. The third-order valence-corrected chi connectivity index (χ3v) is 5.90. The third kappa shape index (κ3) is 3.16. The van der Waals surface area contributed by atoms with Gasteiger partial charge >= 0.3 is 5.97 Å². The van der Waals surface area contributed by atoms with Gasteiger partial charge in [0.1, 0.15) is 0 Å². The first kappa shape index (κ1) is 18.2. The standard InChI is InChI=1S/C19H23F3O3/c1-2-3-12-10-25-17(12)19(18(23)24)6-4-11(5-7-19)13-8-14(20)16(22)15(21)9-13/h8-9,11-12,17H,2-7,10H2,1H3,(H,23,24). The monoisotopic (exact) mass is 356 g/mol. The van der Waals surface area contributed by atoms with Crippen LogP contribution >= 0.6 is 0 Å². The van der Waals surface area contributed by atoms with Gasteiger partial charge in [-0.25, -0.2) is 13.2 Å². The van der Waals surface area contributed by atoms with Crippen molar-refractivity contribution in [2.45, 2.75) is 57.5 Å². The average molecular weight is 356 g/mol. The lowest BCUT2D eigenvalue weighted by Gasteiger charge is -2.50. The normalized spacial score (nSPS) is 32.2. The average Bonchev–Trinajstić information content (AvgIpc) is 2.56. The molecule has 0 bridgehead atoms. The second kappa shape index (κ2) is 6.98. The summed E-state index contributed by atoms with van der Waals surface area (Å²) >= 11 is 0. The zero-order valence-electron chi connectivity index (χ0n) is 14.2. The lowest BCUT2D eigenvalue weighted by atomic mass is 9.62. The van der Waals surface area contributed by atoms with Gasteiger partial charge < -0.3 is 9.84 Å². The molecule has 1 saturated carbocycles. The molecule has 1 N–H and O–H groups in total. The fourth-order valence-electron chi connectivity index (χ4n) is 4.44. The molecule has 1 heterocycles. The summed E-state index contributed by atoms with van der Waals surface area (Å²) in [5.41, 5.74) is -0.527. The summed E-state index contributed by atoms with van der Waals surface area (Å²) in [7, 11) is 0. The van der Waals surface area contributed by atoms with Crippen molar-refractivity contribution in [1.29, 1.82) is 0 Å². The molecule has 0 radical (unpaired) electrons. The van der Waals surface area contributed by atoms with E-state index in [-0.39, 0.29) is 17.9 Å². The van der Waals surface area contributed by atoms with Crippen LogP contribution in [0.4, 0.5) is 13.2 Å². The quantitative estimate of drug-likeness (QED) is 0.782. The summed E-state index contributed by atoms with van der Waals surface area (Å²) in [6.07, 6.45) is 3.43. The second-order valence-electron chi connectivity index (χ2n) is 7.34. The van der Waals surface area contributed by atoms with E-state index in [0.29, 0.717) is 37.9 Å². The van der Waals surface area contributed by atoms with Crippen LogP contribution in [0.25, 0.3) is 0 Å². The maximum atomic E-state index is 13.5. The summed E-state index contributed by atoms with van der Waals surface area (Å²) < 4.78 is 45.7. The van der Waals surface area contributed by atoms with E-state index in [1.807, 2.05) is 0 Å². The molecule has 2 fully saturated rings. The molecule has 2 unspecified atom stereocenters. The molecular formula is C19H23F3O3. The van der Waals surface area contributed by atoms with Crippen LogP contribution < -0.4 is 0 Å². The number of carboxylic acids is 1. The summed E-state index contributed by atoms with van der Waals surface area (Å²) in [4.78, 5) is 12.0. The smallest absolute Gasteiger partial charge is 0.312 e. The highest BCUT2D eigenvalue weighted by molar-refractivity contribution is 5.76. The maximum Gasteiger partial charge on any atom is 0.312 e. The van der Waals surface area contributed by atoms with Gasteiger partial charge in [0, 0.05) is 5.92 Å². The number of ether oxygens (including phenoxy) is 1. The van der Waals surface area contributed by atoms with Crippen molar-refractivity contribution in [3.05, 3.63) is 35.1 Å². The van der Waals surface area contributed by atoms with Crippen molar-refractivity contribution in [3.63, 3.8) is 0 Å². The topological polar surface area (TPSA) is 46.5 Å². The van der Waals surface area contributed by atoms with Gasteiger partial charge in [-0.3, -0.25) is 4.79 Å². The Kier molecular flexibility index (Phi) is 5.09. The Labute approximate surface area is 145 Å². The molecule has 1 aliphatic carbocycles. The minimum atomic E-state index is -1.47. The predicted octanol–water partition coefficient (Wildman–Crippen LogP) is 4.65. The Hall–Kier alpha value is -1.56. The van der Waals surface area contributed by atoms with Gasteiger partial charge in [0.2, 0.25) is 0 Å². The van der Waals surface area contributed by atoms with Gasteiger partial charge in [-0.05, 0) is 55.7 Å². The van der Waals surface area contributed by atoms with E-state index >= 15 is 0 Å². The van der Waals surface area contributed by atoms with E-state index in [0.717, 1.165) is 25.0 Å². The van der Waals surface area contributed by atoms with Crippen molar-refractivity contribution in [2.24, 2.45) is 11.3 Å². The van der Waals surface area contributed by atoms with Crippen LogP contribution in [0.2, 0.25) is 0 Å². The molecule has 1 aliphatic heterocycles. The van der Waals surface area contributed by atoms with Crippen LogP contribution in [0.5, 0.6) is 0 Å². The number of aliphatic carboxylic acids is 1. The molecule has 2 aliphatic rings. The highest BCUT2D eigenvalue weighted by Crippen LogP contribution is 2.51. The molecule has 1 saturated heterocycles. The Balaban J connectivity index is 1.76. The first-order valence-corrected chi connectivity index (χ1v) is 8.88. The molecule has 25 heavy (non-hydrogen) atoms. The number of benzene rings is 1. The molecular weight excluding hydrogens is 333 g/mol. The Morgan fingerprint density at radius 3 is 2.28 bits per heavy atom. The summed E-state index contributed by atoms with van der Waals surface area (Å²) in [5.74, 6) is -4.62. The van der Waals surface area contributed by atoms with Gasteiger partial charge in [-0.2, -0.15) is 0 Å². The van der Waals surface area contributed by atoms with Crippen molar-refractivity contribution in [2.75, 3.05) is 6.61 Å². The fourth-order valence-corrected chi connectivity index (χ4v) is 4.44. The number of carboxylic acid groups (broad SMARTS) is 1. The van der Waals surface area contributed by atoms with Crippen LogP contribution in [-0.2, 0) is 9.53 Å². The highest BCUT2D eigenvalue weighted by atomic mass is 19.2. The Morgan fingerprint density at radius 1 is 1.24 bits per heavy atom. The Morgan fingerprint density at radius 2 is 1.84 bits per heavy atom. The first-order chi connectivity index (χ1) is 11.9. The van der Waals surface area contributed by atoms with Gasteiger partial charge in [0.05, 0.1) is 18.1 Å². The fraction of sp³-hybridized carbons (Fsp3) is 0.632. The number of carbonyl (C=O) groups is 1. The van der Waals surface area contributed by atoms with Gasteiger partial charge in [-0.1, -0.05) is 13.3 Å². The van der Waals surface area contributed by atoms with Crippen LogP contribution in [0.15, 0.2) is 12.1 Å². The number of hydrogen-bond acceptors (Lipinski definition) is 2. The van der Waals surface area contributed by atoms with Crippen LogP contribution in [-0.4, -0.2) is 23.8 Å². The Bertz CT molecular complexity index is 630. The molecule has 3 rings (SSSR count). The summed E-state index contributed by atoms with van der Waals surface area (Å²) in [6, 6.07) is 2.05. The van der Waals surface area contributed by atoms with Crippen LogP contribution in [0.3, 0.4) is 0 Å². The number of halogens is 3. The number of hydrogen-bond donors (Lipinski definition) is 1. The summed E-state index contributed by atoms with van der Waals surface area (Å²) in [5, 5.41) is 9.84. The van der Waals surface area contributed by atoms with Crippen LogP contribution in [0.1, 0.15) is 56.9 Å². The predicted molar refractivity (Wildman–Crippen MR) is 85.7 cm³/mol. The largest absolute Gasteiger partial charge is 0.481 e. The minimum absolute atomic E-state index is 0.165. The molecule has 3 nitrogen and oxygen atoms in total. The van der Waals surface area contributed by atoms with E-state index in [1.165, 1.54) is 0 Å². The van der Waals surface area contributed by atoms with Crippen LogP contribution in [0, 0.1) is 28.8 Å². The molecule has 0 amide bonds. The van der Waals surface area contributed by atoms with Gasteiger partial charge in [-0.15, -0.1) is 0 Å². The van der Waals surface area contributed by atoms with E-state index in [9.17, 15) is 23.1 Å². The van der Waals surface area contributed by atoms with E-state index in [1.54, 1.807) is 0 Å². The molecule has 0 spiro atoms. The highest BCUT2D eigenvalue weighted by Gasteiger charge is 2.55. The van der Waals surface area contributed by atoms with Crippen molar-refractivity contribution < 1.29 is 27.8 Å². The summed E-state index contributed by atoms with van der Waals surface area (Å²) in [6.45, 7) is 2.67. The van der Waals surface area contributed by atoms with Gasteiger partial charge in [0.15, 0.2) is 17.5 Å². The molecule has 6 heteroatoms. The lowest BCUT2D eigenvalue weighted by Crippen LogP contribution is -2.56. The van der Waals surface area contributed by atoms with E-state index in [2.05, 4.69) is 6.92 Å². The second-order valence-corrected chi connectivity index (χ2v) is 7.34. The SMILES string of the molecule is CCCC1COC1C1(C(=O)O)CCC(c2cc(F)c(F)c(F)c2)CC1. The zero-order valence-corrected chi connectivity index (χ0v) is 14.2. The maximum absolute atomic E-state index is 13.5. The van der Waals surface area contributed by atoms with E-state index in [4.69, 9.17) is 4.74 Å². The lowest BCUT2D eigenvalue weighted by molar-refractivity contribution is -0.207. The molecule has 1 aromatic rings. The molecule has 2 atom stereocenters. The minimum Gasteiger partial charge on any atom is -0.481 e. The van der Waals surface area contributed by atoms with Gasteiger partial charge in [0.25, 0.3) is 0 Å². The van der Waals surface area contributed by atoms with Crippen molar-refractivity contribution >= 4 is 5.97 Å². The number of rotatable bonds is 5. The molecule has 1 aromatic carbocycles. The van der Waals surface area contributed by atoms with Crippen molar-refractivity contribution in [3.8, 4) is 0 Å². The third-order valence-electron chi connectivity index (χ3n) is 5.90.